The SMILES string of the molecule is CC(C)(C#N)c1cc(C(=O)Nc2ccc(Cc3cc(C(=O)O)cc(C(C)(C)C#N)n3)c(-c3cc(N4CCOCC4)nc(N4CCOCC4)n3)c2)ccn1. The van der Waals surface area contributed by atoms with Crippen molar-refractivity contribution >= 4 is 29.3 Å². The van der Waals surface area contributed by atoms with E-state index in [1.807, 2.05) is 18.2 Å². The molecule has 2 aliphatic rings. The number of ether oxygens (including phenoxy) is 2. The number of benzene rings is 1. The number of carbonyl (C=O) groups is 2. The van der Waals surface area contributed by atoms with E-state index in [4.69, 9.17) is 24.4 Å². The summed E-state index contributed by atoms with van der Waals surface area (Å²) in [5.41, 5.74) is 2.28. The van der Waals surface area contributed by atoms with E-state index in [9.17, 15) is 25.2 Å². The van der Waals surface area contributed by atoms with E-state index in [1.165, 1.54) is 18.3 Å². The molecule has 4 aromatic rings. The molecule has 0 unspecified atom stereocenters. The van der Waals surface area contributed by atoms with Crippen LogP contribution in [0.5, 0.6) is 0 Å². The fourth-order valence-electron chi connectivity index (χ4n) is 6.01. The number of hydrogen-bond acceptors (Lipinski definition) is 12. The molecule has 2 saturated heterocycles. The molecule has 5 heterocycles. The quantitative estimate of drug-likeness (QED) is 0.229. The smallest absolute Gasteiger partial charge is 0.335 e. The maximum atomic E-state index is 13.6. The Morgan fingerprint density at radius 2 is 1.45 bits per heavy atom. The van der Waals surface area contributed by atoms with Gasteiger partial charge in [0.15, 0.2) is 0 Å². The Bertz CT molecular complexity index is 2070. The van der Waals surface area contributed by atoms with Crippen LogP contribution in [0, 0.1) is 22.7 Å². The summed E-state index contributed by atoms with van der Waals surface area (Å²) in [7, 11) is 0. The van der Waals surface area contributed by atoms with Crippen LogP contribution in [0.15, 0.2) is 54.7 Å². The number of nitriles is 2. The summed E-state index contributed by atoms with van der Waals surface area (Å²) in [5, 5.41) is 32.4. The first-order valence-corrected chi connectivity index (χ1v) is 17.4. The van der Waals surface area contributed by atoms with Gasteiger partial charge >= 0.3 is 5.97 Å². The maximum Gasteiger partial charge on any atom is 0.335 e. The summed E-state index contributed by atoms with van der Waals surface area (Å²) in [4.78, 5) is 49.1. The van der Waals surface area contributed by atoms with E-state index >= 15 is 0 Å². The van der Waals surface area contributed by atoms with Crippen molar-refractivity contribution in [3.8, 4) is 23.4 Å². The molecule has 1 amide bonds. The van der Waals surface area contributed by atoms with Crippen molar-refractivity contribution < 1.29 is 24.2 Å². The van der Waals surface area contributed by atoms with E-state index in [0.717, 1.165) is 11.4 Å². The van der Waals surface area contributed by atoms with Gasteiger partial charge in [0.05, 0.1) is 72.0 Å². The molecule has 14 nitrogen and oxygen atoms in total. The molecule has 272 valence electrons. The van der Waals surface area contributed by atoms with Crippen LogP contribution in [0.1, 0.15) is 71.1 Å². The molecule has 2 N–H and O–H groups in total. The van der Waals surface area contributed by atoms with E-state index in [1.54, 1.807) is 45.9 Å². The first kappa shape index (κ1) is 36.8. The molecule has 0 aliphatic carbocycles. The number of aromatic carboxylic acids is 1. The number of carbonyl (C=O) groups excluding carboxylic acids is 1. The van der Waals surface area contributed by atoms with Gasteiger partial charge in [-0.1, -0.05) is 6.07 Å². The minimum absolute atomic E-state index is 0.0290. The molecule has 14 heteroatoms. The summed E-state index contributed by atoms with van der Waals surface area (Å²) < 4.78 is 11.2. The second-order valence-corrected chi connectivity index (χ2v) is 14.1. The third-order valence-corrected chi connectivity index (χ3v) is 9.33. The number of carboxylic acid groups (broad SMARTS) is 1. The standard InChI is InChI=1S/C39H41N9O5/c1-38(2,23-40)32-19-26(7-8-42-32)35(49)44-28-6-5-25(17-29-18-27(36(50)51)20-33(43-29)39(3,4)24-41)30(21-28)31-22-34(47-9-13-52-14-10-47)46-37(45-31)48-11-15-53-16-12-48/h5-8,18-22H,9-17H2,1-4H3,(H,44,49)(H,50,51). The average Bonchev–Trinajstić information content (AvgIpc) is 3.18. The zero-order chi connectivity index (χ0) is 37.8. The summed E-state index contributed by atoms with van der Waals surface area (Å²) in [6.07, 6.45) is 1.72. The van der Waals surface area contributed by atoms with Gasteiger partial charge < -0.3 is 29.7 Å². The first-order valence-electron chi connectivity index (χ1n) is 17.4. The van der Waals surface area contributed by atoms with Crippen molar-refractivity contribution in [2.75, 3.05) is 67.7 Å². The van der Waals surface area contributed by atoms with Crippen LogP contribution in [0.3, 0.4) is 0 Å². The lowest BCUT2D eigenvalue weighted by Gasteiger charge is -2.31. The second kappa shape index (κ2) is 15.3. The normalized spacial score (nSPS) is 15.0. The number of carboxylic acids is 1. The highest BCUT2D eigenvalue weighted by atomic mass is 16.5. The highest BCUT2D eigenvalue weighted by Gasteiger charge is 2.26. The summed E-state index contributed by atoms with van der Waals surface area (Å²) in [6, 6.07) is 18.0. The molecular weight excluding hydrogens is 674 g/mol. The topological polar surface area (TPSA) is 190 Å². The Labute approximate surface area is 308 Å². The van der Waals surface area contributed by atoms with Crippen LogP contribution in [0.2, 0.25) is 0 Å². The van der Waals surface area contributed by atoms with Gasteiger partial charge in [-0.15, -0.1) is 0 Å². The van der Waals surface area contributed by atoms with Crippen molar-refractivity contribution in [1.29, 1.82) is 10.5 Å². The van der Waals surface area contributed by atoms with Gasteiger partial charge in [-0.3, -0.25) is 14.8 Å². The van der Waals surface area contributed by atoms with Crippen LogP contribution < -0.4 is 15.1 Å². The summed E-state index contributed by atoms with van der Waals surface area (Å²) in [5.74, 6) is -0.235. The predicted octanol–water partition coefficient (Wildman–Crippen LogP) is 4.75. The number of nitrogens with one attached hydrogen (secondary N) is 1. The zero-order valence-corrected chi connectivity index (χ0v) is 30.2. The van der Waals surface area contributed by atoms with Crippen LogP contribution in [-0.2, 0) is 26.7 Å². The minimum Gasteiger partial charge on any atom is -0.478 e. The van der Waals surface area contributed by atoms with Crippen molar-refractivity contribution in [1.82, 2.24) is 19.9 Å². The van der Waals surface area contributed by atoms with E-state index in [-0.39, 0.29) is 17.9 Å². The predicted molar refractivity (Wildman–Crippen MR) is 197 cm³/mol. The lowest BCUT2D eigenvalue weighted by atomic mass is 9.89. The van der Waals surface area contributed by atoms with Crippen molar-refractivity contribution in [2.24, 2.45) is 0 Å². The van der Waals surface area contributed by atoms with Crippen molar-refractivity contribution in [3.05, 3.63) is 88.5 Å². The van der Waals surface area contributed by atoms with E-state index in [0.29, 0.717) is 98.1 Å². The Morgan fingerprint density at radius 3 is 2.11 bits per heavy atom. The lowest BCUT2D eigenvalue weighted by Crippen LogP contribution is -2.39. The number of hydrogen-bond donors (Lipinski definition) is 2. The van der Waals surface area contributed by atoms with Crippen LogP contribution >= 0.6 is 0 Å². The van der Waals surface area contributed by atoms with Gasteiger partial charge in [0.1, 0.15) is 5.82 Å². The molecule has 0 spiro atoms. The second-order valence-electron chi connectivity index (χ2n) is 14.1. The molecule has 53 heavy (non-hydrogen) atoms. The van der Waals surface area contributed by atoms with E-state index in [2.05, 4.69) is 32.2 Å². The Hall–Kier alpha value is -5.96. The van der Waals surface area contributed by atoms with Gasteiger partial charge in [0, 0.05) is 67.4 Å². The number of aromatic nitrogens is 4. The number of morpholine rings is 2. The molecule has 0 atom stereocenters. The van der Waals surface area contributed by atoms with Gasteiger partial charge in [0.2, 0.25) is 5.95 Å². The average molecular weight is 716 g/mol. The maximum absolute atomic E-state index is 13.6. The molecule has 2 aliphatic heterocycles. The molecule has 0 saturated carbocycles. The number of amides is 1. The Kier molecular flexibility index (Phi) is 10.7. The van der Waals surface area contributed by atoms with Gasteiger partial charge in [0.25, 0.3) is 5.91 Å². The van der Waals surface area contributed by atoms with E-state index < -0.39 is 16.8 Å². The monoisotopic (exact) mass is 715 g/mol. The summed E-state index contributed by atoms with van der Waals surface area (Å²) >= 11 is 0. The number of rotatable bonds is 10. The fraction of sp³-hybridized carbons (Fsp3) is 0.385. The minimum atomic E-state index is -1.12. The molecule has 3 aromatic heterocycles. The molecule has 2 fully saturated rings. The largest absolute Gasteiger partial charge is 0.478 e. The Morgan fingerprint density at radius 1 is 0.811 bits per heavy atom. The Balaban J connectivity index is 1.47. The van der Waals surface area contributed by atoms with Gasteiger partial charge in [-0.05, 0) is 69.7 Å². The zero-order valence-electron chi connectivity index (χ0n) is 30.2. The number of pyridine rings is 2. The van der Waals surface area contributed by atoms with Crippen LogP contribution in [0.25, 0.3) is 11.3 Å². The van der Waals surface area contributed by atoms with Crippen molar-refractivity contribution in [2.45, 2.75) is 44.9 Å². The summed E-state index contributed by atoms with van der Waals surface area (Å²) in [6.45, 7) is 11.6. The molecule has 0 bridgehead atoms. The highest BCUT2D eigenvalue weighted by Crippen LogP contribution is 2.33. The molecule has 0 radical (unpaired) electrons. The van der Waals surface area contributed by atoms with Gasteiger partial charge in [-0.25, -0.2) is 9.78 Å². The molecule has 1 aromatic carbocycles. The highest BCUT2D eigenvalue weighted by molar-refractivity contribution is 6.04. The number of anilines is 3. The fourth-order valence-corrected chi connectivity index (χ4v) is 6.01. The van der Waals surface area contributed by atoms with Crippen LogP contribution in [0.4, 0.5) is 17.5 Å². The lowest BCUT2D eigenvalue weighted by molar-refractivity contribution is 0.0696. The molecule has 6 rings (SSSR count). The third kappa shape index (κ3) is 8.41. The van der Waals surface area contributed by atoms with Gasteiger partial charge in [-0.2, -0.15) is 15.5 Å². The van der Waals surface area contributed by atoms with Crippen LogP contribution in [-0.4, -0.2) is 89.5 Å². The number of nitrogens with zero attached hydrogens (tertiary/aromatic N) is 8. The molecular formula is C39H41N9O5. The third-order valence-electron chi connectivity index (χ3n) is 9.33. The first-order chi connectivity index (χ1) is 25.4. The van der Waals surface area contributed by atoms with Crippen molar-refractivity contribution in [3.63, 3.8) is 0 Å².